The zero-order chi connectivity index (χ0) is 19.4. The minimum Gasteiger partial charge on any atom is -0.394 e. The largest absolute Gasteiger partial charge is 0.432 e. The number of aliphatic hydroxyl groups excluding tert-OH is 1. The van der Waals surface area contributed by atoms with Gasteiger partial charge < -0.3 is 19.7 Å². The maximum absolute atomic E-state index is 12.3. The number of imidazole rings is 1. The highest BCUT2D eigenvalue weighted by atomic mass is 19.4. The summed E-state index contributed by atoms with van der Waals surface area (Å²) in [7, 11) is 0. The number of nitrogens with zero attached hydrogens (tertiary/aromatic N) is 4. The third kappa shape index (κ3) is 4.68. The Balaban J connectivity index is 1.75. The first-order valence-electron chi connectivity index (χ1n) is 8.05. The fraction of sp³-hybridized carbons (Fsp3) is 0.375. The number of hydrogen-bond donors (Lipinski definition) is 3. The molecule has 1 atom stereocenters. The molecule has 144 valence electrons. The molecule has 1 aliphatic rings. The summed E-state index contributed by atoms with van der Waals surface area (Å²) in [6, 6.07) is 1.72. The number of allylic oxidation sites excluding steroid dienone is 1. The Morgan fingerprint density at radius 2 is 2.22 bits per heavy atom. The predicted molar refractivity (Wildman–Crippen MR) is 91.5 cm³/mol. The molecule has 0 aliphatic carbocycles. The molecule has 1 unspecified atom stereocenters. The summed E-state index contributed by atoms with van der Waals surface area (Å²) in [5.74, 6) is 0.818. The van der Waals surface area contributed by atoms with E-state index >= 15 is 0 Å². The van der Waals surface area contributed by atoms with Crippen LogP contribution >= 0.6 is 0 Å². The lowest BCUT2D eigenvalue weighted by atomic mass is 10.2. The predicted octanol–water partition coefficient (Wildman–Crippen LogP) is 1.66. The van der Waals surface area contributed by atoms with Crippen molar-refractivity contribution in [2.75, 3.05) is 31.2 Å². The summed E-state index contributed by atoms with van der Waals surface area (Å²) in [6.45, 7) is 1.49. The smallest absolute Gasteiger partial charge is 0.394 e. The van der Waals surface area contributed by atoms with Gasteiger partial charge in [-0.25, -0.2) is 15.0 Å². The SMILES string of the molecule is N=C(/C=C\c1ncc(-c2cc(N3CCOC(CO)C3)ncn2)[nH]1)C(F)(F)F. The Kier molecular flexibility index (Phi) is 5.51. The van der Waals surface area contributed by atoms with Crippen molar-refractivity contribution < 1.29 is 23.0 Å². The van der Waals surface area contributed by atoms with Gasteiger partial charge >= 0.3 is 6.18 Å². The van der Waals surface area contributed by atoms with Crippen LogP contribution in [0.25, 0.3) is 17.5 Å². The number of halogens is 3. The quantitative estimate of drug-likeness (QED) is 0.679. The molecule has 11 heteroatoms. The van der Waals surface area contributed by atoms with Gasteiger partial charge in [0.05, 0.1) is 36.9 Å². The van der Waals surface area contributed by atoms with Crippen LogP contribution in [0.1, 0.15) is 5.82 Å². The summed E-state index contributed by atoms with van der Waals surface area (Å²) < 4.78 is 42.4. The molecular formula is C16H17F3N6O2. The number of aliphatic hydroxyl groups is 1. The molecule has 3 N–H and O–H groups in total. The number of alkyl halides is 3. The van der Waals surface area contributed by atoms with E-state index in [0.717, 1.165) is 6.08 Å². The van der Waals surface area contributed by atoms with E-state index in [9.17, 15) is 18.3 Å². The monoisotopic (exact) mass is 382 g/mol. The molecule has 0 spiro atoms. The number of rotatable bonds is 5. The Labute approximate surface area is 152 Å². The molecule has 0 radical (unpaired) electrons. The van der Waals surface area contributed by atoms with E-state index in [-0.39, 0.29) is 18.5 Å². The van der Waals surface area contributed by atoms with E-state index in [1.54, 1.807) is 6.07 Å². The number of H-pyrrole nitrogens is 1. The number of ether oxygens (including phenoxy) is 1. The first kappa shape index (κ1) is 19.0. The minimum absolute atomic E-state index is 0.0857. The first-order valence-corrected chi connectivity index (χ1v) is 8.05. The molecular weight excluding hydrogens is 365 g/mol. The van der Waals surface area contributed by atoms with Gasteiger partial charge in [0.15, 0.2) is 0 Å². The molecule has 1 aliphatic heterocycles. The summed E-state index contributed by atoms with van der Waals surface area (Å²) in [4.78, 5) is 17.2. The molecule has 8 nitrogen and oxygen atoms in total. The molecule has 3 heterocycles. The summed E-state index contributed by atoms with van der Waals surface area (Å²) >= 11 is 0. The van der Waals surface area contributed by atoms with Crippen molar-refractivity contribution in [3.8, 4) is 11.4 Å². The number of nitrogens with one attached hydrogen (secondary N) is 2. The van der Waals surface area contributed by atoms with Gasteiger partial charge in [-0.2, -0.15) is 13.2 Å². The van der Waals surface area contributed by atoms with Crippen molar-refractivity contribution in [2.24, 2.45) is 0 Å². The molecule has 3 rings (SSSR count). The van der Waals surface area contributed by atoms with E-state index in [0.29, 0.717) is 43.0 Å². The van der Waals surface area contributed by atoms with E-state index in [1.807, 2.05) is 4.90 Å². The number of morpholine rings is 1. The van der Waals surface area contributed by atoms with Gasteiger partial charge in [-0.05, 0) is 12.2 Å². The van der Waals surface area contributed by atoms with Crippen molar-refractivity contribution in [1.29, 1.82) is 5.41 Å². The molecule has 0 bridgehead atoms. The van der Waals surface area contributed by atoms with E-state index in [2.05, 4.69) is 19.9 Å². The number of aromatic amines is 1. The highest BCUT2D eigenvalue weighted by molar-refractivity contribution is 5.99. The molecule has 0 aromatic carbocycles. The summed E-state index contributed by atoms with van der Waals surface area (Å²) in [6.07, 6.45) is -0.447. The van der Waals surface area contributed by atoms with Gasteiger partial charge in [0.1, 0.15) is 23.7 Å². The molecule has 0 saturated carbocycles. The van der Waals surface area contributed by atoms with Gasteiger partial charge in [-0.1, -0.05) is 0 Å². The van der Waals surface area contributed by atoms with Crippen molar-refractivity contribution in [2.45, 2.75) is 12.3 Å². The lowest BCUT2D eigenvalue weighted by molar-refractivity contribution is -0.0583. The Bertz CT molecular complexity index is 836. The standard InChI is InChI=1S/C16H17F3N6O2/c17-16(18,19)13(20)1-2-14-21-6-12(24-14)11-5-15(23-9-22-11)25-3-4-27-10(7-25)8-26/h1-2,5-6,9-10,20,26H,3-4,7-8H2,(H,21,24)/b2-1-,20-13?. The minimum atomic E-state index is -4.70. The first-order chi connectivity index (χ1) is 12.9. The highest BCUT2D eigenvalue weighted by Gasteiger charge is 2.32. The van der Waals surface area contributed by atoms with E-state index in [4.69, 9.17) is 10.1 Å². The summed E-state index contributed by atoms with van der Waals surface area (Å²) in [5.41, 5.74) is -0.440. The molecule has 1 fully saturated rings. The van der Waals surface area contributed by atoms with Gasteiger partial charge in [0.25, 0.3) is 0 Å². The second-order valence-corrected chi connectivity index (χ2v) is 5.81. The van der Waals surface area contributed by atoms with Crippen LogP contribution in [0.4, 0.5) is 19.0 Å². The van der Waals surface area contributed by atoms with Gasteiger partial charge in [0, 0.05) is 19.2 Å². The Morgan fingerprint density at radius 1 is 1.41 bits per heavy atom. The molecule has 27 heavy (non-hydrogen) atoms. The molecule has 1 saturated heterocycles. The van der Waals surface area contributed by atoms with Crippen molar-refractivity contribution in [3.05, 3.63) is 30.5 Å². The van der Waals surface area contributed by atoms with E-state index in [1.165, 1.54) is 12.5 Å². The second-order valence-electron chi connectivity index (χ2n) is 5.81. The number of hydrogen-bond acceptors (Lipinski definition) is 7. The van der Waals surface area contributed by atoms with Crippen LogP contribution in [-0.2, 0) is 4.74 Å². The maximum Gasteiger partial charge on any atom is 0.432 e. The summed E-state index contributed by atoms with van der Waals surface area (Å²) in [5, 5.41) is 16.2. The van der Waals surface area contributed by atoms with Crippen molar-refractivity contribution in [1.82, 2.24) is 19.9 Å². The topological polar surface area (TPSA) is 111 Å². The molecule has 2 aromatic rings. The van der Waals surface area contributed by atoms with Crippen LogP contribution < -0.4 is 4.90 Å². The Hall–Kier alpha value is -2.79. The highest BCUT2D eigenvalue weighted by Crippen LogP contribution is 2.22. The van der Waals surface area contributed by atoms with Gasteiger partial charge in [-0.15, -0.1) is 0 Å². The van der Waals surface area contributed by atoms with Crippen molar-refractivity contribution in [3.63, 3.8) is 0 Å². The molecule has 2 aromatic heterocycles. The maximum atomic E-state index is 12.3. The fourth-order valence-electron chi connectivity index (χ4n) is 2.51. The molecule has 0 amide bonds. The van der Waals surface area contributed by atoms with Crippen LogP contribution in [0.2, 0.25) is 0 Å². The van der Waals surface area contributed by atoms with Crippen LogP contribution in [0.3, 0.4) is 0 Å². The average molecular weight is 382 g/mol. The van der Waals surface area contributed by atoms with Gasteiger partial charge in [0.2, 0.25) is 0 Å². The average Bonchev–Trinajstić information content (AvgIpc) is 3.14. The van der Waals surface area contributed by atoms with Gasteiger partial charge in [-0.3, -0.25) is 5.41 Å². The van der Waals surface area contributed by atoms with Crippen LogP contribution in [0, 0.1) is 5.41 Å². The fourth-order valence-corrected chi connectivity index (χ4v) is 2.51. The van der Waals surface area contributed by atoms with Crippen LogP contribution in [0.5, 0.6) is 0 Å². The zero-order valence-electron chi connectivity index (χ0n) is 14.1. The Morgan fingerprint density at radius 3 is 2.96 bits per heavy atom. The van der Waals surface area contributed by atoms with Crippen molar-refractivity contribution >= 4 is 17.6 Å². The van der Waals surface area contributed by atoms with Crippen LogP contribution in [0.15, 0.2) is 24.7 Å². The van der Waals surface area contributed by atoms with Crippen LogP contribution in [-0.4, -0.2) is 69.3 Å². The second kappa shape index (κ2) is 7.84. The third-order valence-electron chi connectivity index (χ3n) is 3.90. The lowest BCUT2D eigenvalue weighted by Crippen LogP contribution is -2.44. The normalized spacial score (nSPS) is 18.2. The number of aromatic nitrogens is 4. The van der Waals surface area contributed by atoms with E-state index < -0.39 is 11.9 Å². The zero-order valence-corrected chi connectivity index (χ0v) is 14.1. The third-order valence-corrected chi connectivity index (χ3v) is 3.90. The number of anilines is 1. The lowest BCUT2D eigenvalue weighted by Gasteiger charge is -2.32.